The molecule has 0 spiro atoms. The number of nitrogens with zero attached hydrogens (tertiary/aromatic N) is 5. The lowest BCUT2D eigenvalue weighted by atomic mass is 10.0. The minimum Gasteiger partial charge on any atom is -0.380 e. The summed E-state index contributed by atoms with van der Waals surface area (Å²) in [5, 5.41) is 9.99. The van der Waals surface area contributed by atoms with E-state index in [1.807, 2.05) is 11.8 Å². The highest BCUT2D eigenvalue weighted by atomic mass is 16.5. The molecular formula is C19H33N7O4. The van der Waals surface area contributed by atoms with Crippen molar-refractivity contribution in [3.63, 3.8) is 0 Å². The molecule has 11 nitrogen and oxygen atoms in total. The summed E-state index contributed by atoms with van der Waals surface area (Å²) in [6.45, 7) is 5.43. The number of ether oxygens (including phenoxy) is 1. The Morgan fingerprint density at radius 2 is 2.17 bits per heavy atom. The van der Waals surface area contributed by atoms with Crippen LogP contribution in [0.2, 0.25) is 0 Å². The van der Waals surface area contributed by atoms with Gasteiger partial charge in [-0.1, -0.05) is 33.1 Å². The van der Waals surface area contributed by atoms with Crippen molar-refractivity contribution in [2.45, 2.75) is 58.5 Å². The van der Waals surface area contributed by atoms with E-state index in [1.165, 1.54) is 0 Å². The van der Waals surface area contributed by atoms with Gasteiger partial charge < -0.3 is 9.64 Å². The molecule has 1 fully saturated rings. The molecule has 2 amide bonds. The largest absolute Gasteiger partial charge is 0.380 e. The van der Waals surface area contributed by atoms with Crippen molar-refractivity contribution in [1.82, 2.24) is 25.4 Å². The van der Waals surface area contributed by atoms with E-state index in [-0.39, 0.29) is 24.5 Å². The molecular weight excluding hydrogens is 390 g/mol. The Morgan fingerprint density at radius 3 is 2.80 bits per heavy atom. The van der Waals surface area contributed by atoms with Crippen LogP contribution in [0.25, 0.3) is 0 Å². The molecule has 1 aromatic rings. The summed E-state index contributed by atoms with van der Waals surface area (Å²) < 4.78 is 5.40. The lowest BCUT2D eigenvalue weighted by molar-refractivity contribution is -0.154. The maximum absolute atomic E-state index is 12.6. The first kappa shape index (κ1) is 23.7. The number of hydrogen-bond donors (Lipinski definition) is 3. The van der Waals surface area contributed by atoms with Gasteiger partial charge >= 0.3 is 0 Å². The highest BCUT2D eigenvalue weighted by Crippen LogP contribution is 2.19. The number of nitrogens with one attached hydrogen (secondary N) is 2. The van der Waals surface area contributed by atoms with Gasteiger partial charge in [-0.05, 0) is 12.8 Å². The Hall–Kier alpha value is -2.53. The van der Waals surface area contributed by atoms with Gasteiger partial charge in [-0.2, -0.15) is 15.0 Å². The highest BCUT2D eigenvalue weighted by molar-refractivity contribution is 5.80. The first-order valence-electron chi connectivity index (χ1n) is 10.5. The van der Waals surface area contributed by atoms with Gasteiger partial charge in [-0.25, -0.2) is 5.06 Å². The molecule has 1 aliphatic heterocycles. The van der Waals surface area contributed by atoms with Crippen LogP contribution >= 0.6 is 0 Å². The second-order valence-electron chi connectivity index (χ2n) is 7.36. The second-order valence-corrected chi connectivity index (χ2v) is 7.36. The zero-order chi connectivity index (χ0) is 21.9. The number of anilines is 2. The molecule has 0 saturated carbocycles. The first-order valence-corrected chi connectivity index (χ1v) is 10.5. The molecule has 0 aliphatic carbocycles. The van der Waals surface area contributed by atoms with E-state index in [0.717, 1.165) is 32.2 Å². The van der Waals surface area contributed by atoms with Crippen molar-refractivity contribution < 1.29 is 19.5 Å². The van der Waals surface area contributed by atoms with E-state index < -0.39 is 5.92 Å². The van der Waals surface area contributed by atoms with Gasteiger partial charge in [0.1, 0.15) is 5.82 Å². The van der Waals surface area contributed by atoms with Crippen molar-refractivity contribution in [1.29, 1.82) is 0 Å². The van der Waals surface area contributed by atoms with E-state index in [2.05, 4.69) is 32.7 Å². The van der Waals surface area contributed by atoms with Gasteiger partial charge in [-0.15, -0.1) is 0 Å². The zero-order valence-corrected chi connectivity index (χ0v) is 18.0. The smallest absolute Gasteiger partial charge is 0.246 e. The Balaban J connectivity index is 2.03. The topological polar surface area (TPSA) is 133 Å². The van der Waals surface area contributed by atoms with Crippen LogP contribution in [0.1, 0.15) is 51.8 Å². The number of aryl methyl sites for hydroxylation is 1. The Morgan fingerprint density at radius 1 is 1.37 bits per heavy atom. The summed E-state index contributed by atoms with van der Waals surface area (Å²) in [5.74, 6) is 0.509. The number of amides is 2. The zero-order valence-electron chi connectivity index (χ0n) is 18.0. The monoisotopic (exact) mass is 423 g/mol. The van der Waals surface area contributed by atoms with Crippen molar-refractivity contribution in [3.8, 4) is 0 Å². The number of hydroxylamine groups is 2. The van der Waals surface area contributed by atoms with Crippen LogP contribution in [-0.4, -0.2) is 70.4 Å². The fraction of sp³-hybridized carbons (Fsp3) is 0.737. The van der Waals surface area contributed by atoms with Crippen LogP contribution in [0, 0.1) is 5.92 Å². The number of aromatic nitrogens is 3. The van der Waals surface area contributed by atoms with Gasteiger partial charge in [0.2, 0.25) is 24.2 Å². The third-order valence-corrected chi connectivity index (χ3v) is 5.10. The van der Waals surface area contributed by atoms with E-state index in [9.17, 15) is 14.8 Å². The molecule has 0 radical (unpaired) electrons. The average molecular weight is 424 g/mol. The average Bonchev–Trinajstić information content (AvgIpc) is 3.26. The molecule has 30 heavy (non-hydrogen) atoms. The number of carbonyl (C=O) groups is 2. The van der Waals surface area contributed by atoms with Crippen LogP contribution in [0.4, 0.5) is 11.9 Å². The Bertz CT molecular complexity index is 691. The van der Waals surface area contributed by atoms with Crippen molar-refractivity contribution in [2.75, 3.05) is 37.1 Å². The third kappa shape index (κ3) is 7.06. The Kier molecular flexibility index (Phi) is 9.68. The molecule has 168 valence electrons. The molecule has 1 aliphatic rings. The number of hydrazine groups is 1. The number of carbonyl (C=O) groups excluding carboxylic acids is 2. The molecule has 11 heteroatoms. The molecule has 0 unspecified atom stereocenters. The van der Waals surface area contributed by atoms with Gasteiger partial charge in [0, 0.05) is 26.6 Å². The molecule has 0 bridgehead atoms. The van der Waals surface area contributed by atoms with E-state index in [4.69, 9.17) is 4.74 Å². The molecule has 1 aromatic heterocycles. The number of rotatable bonds is 13. The molecule has 2 atom stereocenters. The number of unbranched alkanes of at least 4 members (excludes halogenated alkanes) is 2. The van der Waals surface area contributed by atoms with Gasteiger partial charge in [0.05, 0.1) is 18.6 Å². The van der Waals surface area contributed by atoms with Crippen molar-refractivity contribution in [2.24, 2.45) is 5.92 Å². The third-order valence-electron chi connectivity index (χ3n) is 5.10. The summed E-state index contributed by atoms with van der Waals surface area (Å²) in [6.07, 6.45) is 5.33. The summed E-state index contributed by atoms with van der Waals surface area (Å²) in [4.78, 5) is 38.6. The van der Waals surface area contributed by atoms with E-state index in [0.29, 0.717) is 42.6 Å². The fourth-order valence-electron chi connectivity index (χ4n) is 3.30. The number of hydrogen-bond acceptors (Lipinski definition) is 9. The SMILES string of the molecule is CCCCC[C@@H](CN(O)C=O)C(=O)NNc1nc(CC)nc(N2CC[C@@H](OC)C2)n1. The van der Waals surface area contributed by atoms with Gasteiger partial charge in [-0.3, -0.25) is 25.6 Å². The molecule has 2 rings (SSSR count). The lowest BCUT2D eigenvalue weighted by Crippen LogP contribution is -2.40. The van der Waals surface area contributed by atoms with Crippen LogP contribution in [0.5, 0.6) is 0 Å². The van der Waals surface area contributed by atoms with Gasteiger partial charge in [0.25, 0.3) is 0 Å². The van der Waals surface area contributed by atoms with Crippen molar-refractivity contribution >= 4 is 24.2 Å². The Labute approximate surface area is 177 Å². The lowest BCUT2D eigenvalue weighted by Gasteiger charge is -2.20. The quantitative estimate of drug-likeness (QED) is 0.185. The fourth-order valence-corrected chi connectivity index (χ4v) is 3.30. The maximum Gasteiger partial charge on any atom is 0.246 e. The minimum absolute atomic E-state index is 0.0738. The molecule has 2 heterocycles. The summed E-state index contributed by atoms with van der Waals surface area (Å²) in [5.41, 5.74) is 5.37. The predicted molar refractivity (Wildman–Crippen MR) is 111 cm³/mol. The number of methoxy groups -OCH3 is 1. The van der Waals surface area contributed by atoms with Crippen LogP contribution in [0.3, 0.4) is 0 Å². The minimum atomic E-state index is -0.549. The molecule has 3 N–H and O–H groups in total. The maximum atomic E-state index is 12.6. The first-order chi connectivity index (χ1) is 14.5. The molecule has 0 aromatic carbocycles. The summed E-state index contributed by atoms with van der Waals surface area (Å²) in [7, 11) is 1.69. The van der Waals surface area contributed by atoms with Crippen LogP contribution < -0.4 is 15.8 Å². The predicted octanol–water partition coefficient (Wildman–Crippen LogP) is 1.15. The van der Waals surface area contributed by atoms with Crippen LogP contribution in [0.15, 0.2) is 0 Å². The highest BCUT2D eigenvalue weighted by Gasteiger charge is 2.25. The summed E-state index contributed by atoms with van der Waals surface area (Å²) in [6, 6.07) is 0. The second kappa shape index (κ2) is 12.2. The van der Waals surface area contributed by atoms with Crippen LogP contribution in [-0.2, 0) is 20.7 Å². The van der Waals surface area contributed by atoms with Gasteiger partial charge in [0.15, 0.2) is 0 Å². The molecule has 1 saturated heterocycles. The normalized spacial score (nSPS) is 16.9. The standard InChI is InChI=1S/C19H33N7O4/c1-4-6-7-8-14(11-26(29)13-27)17(28)23-24-18-20-16(5-2)21-19(22-18)25-10-9-15(12-25)30-3/h13-15,29H,4-12H2,1-3H3,(H,23,28)(H,20,21,22,24)/t14-,15+/m0/s1. The van der Waals surface area contributed by atoms with E-state index in [1.54, 1.807) is 7.11 Å². The van der Waals surface area contributed by atoms with E-state index >= 15 is 0 Å². The summed E-state index contributed by atoms with van der Waals surface area (Å²) >= 11 is 0. The van der Waals surface area contributed by atoms with Crippen molar-refractivity contribution in [3.05, 3.63) is 5.82 Å².